The van der Waals surface area contributed by atoms with E-state index in [-0.39, 0.29) is 6.61 Å². The fourth-order valence-electron chi connectivity index (χ4n) is 1.09. The molecular formula is C10H17N5O2. The highest BCUT2D eigenvalue weighted by Crippen LogP contribution is 2.06. The third-order valence-electron chi connectivity index (χ3n) is 1.84. The summed E-state index contributed by atoms with van der Waals surface area (Å²) in [5, 5.41) is 3.06. The third-order valence-corrected chi connectivity index (χ3v) is 1.84. The van der Waals surface area contributed by atoms with Gasteiger partial charge >= 0.3 is 0 Å². The molecule has 1 heterocycles. The van der Waals surface area contributed by atoms with Crippen molar-refractivity contribution < 1.29 is 9.53 Å². The van der Waals surface area contributed by atoms with Crippen molar-refractivity contribution >= 4 is 17.7 Å². The summed E-state index contributed by atoms with van der Waals surface area (Å²) in [4.78, 5) is 20.6. The second kappa shape index (κ2) is 6.64. The van der Waals surface area contributed by atoms with E-state index in [1.54, 1.807) is 12.3 Å². The largest absolute Gasteiger partial charge is 0.370 e. The van der Waals surface area contributed by atoms with Crippen LogP contribution in [0.25, 0.3) is 0 Å². The van der Waals surface area contributed by atoms with Crippen LogP contribution in [0.3, 0.4) is 0 Å². The minimum Gasteiger partial charge on any atom is -0.370 e. The molecule has 0 unspecified atom stereocenters. The molecule has 17 heavy (non-hydrogen) atoms. The van der Waals surface area contributed by atoms with Crippen molar-refractivity contribution in [2.24, 2.45) is 5.73 Å². The third kappa shape index (κ3) is 5.12. The molecule has 0 radical (unpaired) electrons. The fourth-order valence-corrected chi connectivity index (χ4v) is 1.09. The lowest BCUT2D eigenvalue weighted by atomic mass is 10.5. The summed E-state index contributed by atoms with van der Waals surface area (Å²) in [7, 11) is 3.74. The Morgan fingerprint density at radius 2 is 2.35 bits per heavy atom. The molecule has 1 rings (SSSR count). The lowest BCUT2D eigenvalue weighted by Gasteiger charge is -2.11. The number of anilines is 2. The molecule has 0 aliphatic carbocycles. The first-order chi connectivity index (χ1) is 8.09. The van der Waals surface area contributed by atoms with Crippen LogP contribution < -0.4 is 16.0 Å². The summed E-state index contributed by atoms with van der Waals surface area (Å²) in [5.41, 5.74) is 4.93. The zero-order valence-electron chi connectivity index (χ0n) is 10.0. The van der Waals surface area contributed by atoms with Gasteiger partial charge in [0.05, 0.1) is 6.61 Å². The molecule has 7 heteroatoms. The molecular weight excluding hydrogens is 222 g/mol. The number of hydrogen-bond acceptors (Lipinski definition) is 6. The van der Waals surface area contributed by atoms with Crippen LogP contribution in [0.4, 0.5) is 11.8 Å². The summed E-state index contributed by atoms with van der Waals surface area (Å²) in [5.74, 6) is 0.876. The first-order valence-electron chi connectivity index (χ1n) is 5.20. The van der Waals surface area contributed by atoms with Crippen molar-refractivity contribution in [3.05, 3.63) is 12.3 Å². The number of hydrogen-bond donors (Lipinski definition) is 2. The summed E-state index contributed by atoms with van der Waals surface area (Å²) in [6.45, 7) is 0.885. The lowest BCUT2D eigenvalue weighted by Crippen LogP contribution is -2.21. The maximum atomic E-state index is 10.4. The van der Waals surface area contributed by atoms with E-state index in [0.29, 0.717) is 24.9 Å². The molecule has 1 aromatic rings. The van der Waals surface area contributed by atoms with Gasteiger partial charge in [0.1, 0.15) is 12.4 Å². The number of carbonyl (C=O) groups is 1. The molecule has 0 fully saturated rings. The first-order valence-corrected chi connectivity index (χ1v) is 5.20. The van der Waals surface area contributed by atoms with Gasteiger partial charge in [-0.05, 0) is 6.07 Å². The Morgan fingerprint density at radius 3 is 3.00 bits per heavy atom. The van der Waals surface area contributed by atoms with Crippen LogP contribution in [0.15, 0.2) is 12.3 Å². The van der Waals surface area contributed by atoms with Gasteiger partial charge in [-0.2, -0.15) is 4.98 Å². The van der Waals surface area contributed by atoms with E-state index in [0.717, 1.165) is 0 Å². The average Bonchev–Trinajstić information content (AvgIpc) is 2.28. The maximum absolute atomic E-state index is 10.4. The highest BCUT2D eigenvalue weighted by molar-refractivity contribution is 5.74. The van der Waals surface area contributed by atoms with Gasteiger partial charge in [-0.3, -0.25) is 4.79 Å². The molecule has 0 aliphatic rings. The Kier molecular flexibility index (Phi) is 5.15. The van der Waals surface area contributed by atoms with Gasteiger partial charge < -0.3 is 20.7 Å². The molecule has 0 saturated carbocycles. The number of primary amides is 1. The summed E-state index contributed by atoms with van der Waals surface area (Å²) >= 11 is 0. The van der Waals surface area contributed by atoms with E-state index in [1.165, 1.54) is 0 Å². The van der Waals surface area contributed by atoms with Gasteiger partial charge in [0.15, 0.2) is 0 Å². The maximum Gasteiger partial charge on any atom is 0.243 e. The SMILES string of the molecule is CN(C)c1nccc(NCCOCC(N)=O)n1. The molecule has 1 aromatic heterocycles. The number of amides is 1. The molecule has 1 amide bonds. The normalized spacial score (nSPS) is 10.0. The van der Waals surface area contributed by atoms with Crippen LogP contribution in [0.1, 0.15) is 0 Å². The Balaban J connectivity index is 2.31. The quantitative estimate of drug-likeness (QED) is 0.620. The van der Waals surface area contributed by atoms with Gasteiger partial charge in [0.25, 0.3) is 0 Å². The molecule has 3 N–H and O–H groups in total. The molecule has 0 bridgehead atoms. The number of aromatic nitrogens is 2. The zero-order valence-corrected chi connectivity index (χ0v) is 10.0. The number of rotatable bonds is 7. The minimum absolute atomic E-state index is 0.0611. The first kappa shape index (κ1) is 13.2. The van der Waals surface area contributed by atoms with Crippen LogP contribution in [-0.2, 0) is 9.53 Å². The molecule has 0 aromatic carbocycles. The van der Waals surface area contributed by atoms with Gasteiger partial charge in [-0.1, -0.05) is 0 Å². The smallest absolute Gasteiger partial charge is 0.243 e. The lowest BCUT2D eigenvalue weighted by molar-refractivity contribution is -0.122. The Labute approximate surface area is 100.0 Å². The number of ether oxygens (including phenoxy) is 1. The Morgan fingerprint density at radius 1 is 1.59 bits per heavy atom. The predicted molar refractivity (Wildman–Crippen MR) is 64.9 cm³/mol. The highest BCUT2D eigenvalue weighted by atomic mass is 16.5. The number of carbonyl (C=O) groups excluding carboxylic acids is 1. The van der Waals surface area contributed by atoms with E-state index in [4.69, 9.17) is 10.5 Å². The Bertz CT molecular complexity index is 369. The van der Waals surface area contributed by atoms with Crippen LogP contribution in [0.5, 0.6) is 0 Å². The van der Waals surface area contributed by atoms with Crippen molar-refractivity contribution in [1.29, 1.82) is 0 Å². The van der Waals surface area contributed by atoms with Gasteiger partial charge in [0, 0.05) is 26.8 Å². The summed E-state index contributed by atoms with van der Waals surface area (Å²) < 4.78 is 5.00. The van der Waals surface area contributed by atoms with E-state index in [2.05, 4.69) is 15.3 Å². The second-order valence-electron chi connectivity index (χ2n) is 3.58. The van der Waals surface area contributed by atoms with E-state index < -0.39 is 5.91 Å². The number of nitrogens with one attached hydrogen (secondary N) is 1. The molecule has 0 aliphatic heterocycles. The van der Waals surface area contributed by atoms with Gasteiger partial charge in [0.2, 0.25) is 11.9 Å². The number of nitrogens with zero attached hydrogens (tertiary/aromatic N) is 3. The van der Waals surface area contributed by atoms with Crippen LogP contribution in [0, 0.1) is 0 Å². The van der Waals surface area contributed by atoms with Crippen molar-refractivity contribution in [2.45, 2.75) is 0 Å². The van der Waals surface area contributed by atoms with Crippen LogP contribution in [-0.4, -0.2) is 49.7 Å². The predicted octanol–water partition coefficient (Wildman–Crippen LogP) is -0.544. The standard InChI is InChI=1S/C10H17N5O2/c1-15(2)10-13-4-3-9(14-10)12-5-6-17-7-8(11)16/h3-4H,5-7H2,1-2H3,(H2,11,16)(H,12,13,14). The van der Waals surface area contributed by atoms with E-state index >= 15 is 0 Å². The monoisotopic (exact) mass is 239 g/mol. The van der Waals surface area contributed by atoms with E-state index in [9.17, 15) is 4.79 Å². The van der Waals surface area contributed by atoms with Crippen LogP contribution >= 0.6 is 0 Å². The minimum atomic E-state index is -0.470. The average molecular weight is 239 g/mol. The highest BCUT2D eigenvalue weighted by Gasteiger charge is 2.00. The molecule has 0 saturated heterocycles. The molecule has 94 valence electrons. The van der Waals surface area contributed by atoms with Gasteiger partial charge in [-0.15, -0.1) is 0 Å². The fraction of sp³-hybridized carbons (Fsp3) is 0.500. The zero-order chi connectivity index (χ0) is 12.7. The van der Waals surface area contributed by atoms with Crippen LogP contribution in [0.2, 0.25) is 0 Å². The van der Waals surface area contributed by atoms with Crippen molar-refractivity contribution in [3.63, 3.8) is 0 Å². The molecule has 7 nitrogen and oxygen atoms in total. The topological polar surface area (TPSA) is 93.4 Å². The molecule has 0 atom stereocenters. The Hall–Kier alpha value is -1.89. The number of nitrogens with two attached hydrogens (primary N) is 1. The van der Waals surface area contributed by atoms with Gasteiger partial charge in [-0.25, -0.2) is 4.98 Å². The van der Waals surface area contributed by atoms with Crippen molar-refractivity contribution in [1.82, 2.24) is 9.97 Å². The van der Waals surface area contributed by atoms with E-state index in [1.807, 2.05) is 19.0 Å². The van der Waals surface area contributed by atoms with Crippen molar-refractivity contribution in [3.8, 4) is 0 Å². The summed E-state index contributed by atoms with van der Waals surface area (Å²) in [6, 6.07) is 1.76. The van der Waals surface area contributed by atoms with Crippen molar-refractivity contribution in [2.75, 3.05) is 44.1 Å². The summed E-state index contributed by atoms with van der Waals surface area (Å²) in [6.07, 6.45) is 1.68. The molecule has 0 spiro atoms. The second-order valence-corrected chi connectivity index (χ2v) is 3.58.